The first-order valence-electron chi connectivity index (χ1n) is 11.1. The Labute approximate surface area is 163 Å². The molecule has 2 bridgehead atoms. The van der Waals surface area contributed by atoms with Crippen LogP contribution < -0.4 is 4.74 Å². The summed E-state index contributed by atoms with van der Waals surface area (Å²) < 4.78 is 5.58. The van der Waals surface area contributed by atoms with E-state index in [-0.39, 0.29) is 5.41 Å². The van der Waals surface area contributed by atoms with Gasteiger partial charge in [-0.25, -0.2) is 0 Å². The van der Waals surface area contributed by atoms with Crippen LogP contribution in [0.1, 0.15) is 63.0 Å². The number of hydrogen-bond donors (Lipinski definition) is 0. The Hall–Kier alpha value is -1.35. The average Bonchev–Trinajstić information content (AvgIpc) is 3.47. The first-order chi connectivity index (χ1) is 13.1. The van der Waals surface area contributed by atoms with E-state index < -0.39 is 0 Å². The molecule has 0 amide bonds. The molecular weight excluding hydrogens is 334 g/mol. The van der Waals surface area contributed by atoms with E-state index in [2.05, 4.69) is 30.0 Å². The predicted molar refractivity (Wildman–Crippen MR) is 107 cm³/mol. The average molecular weight is 368 g/mol. The van der Waals surface area contributed by atoms with Crippen molar-refractivity contribution in [2.24, 2.45) is 17.8 Å². The number of piperidine rings is 1. The standard InChI is InChI=1S/C24H33NO2/c1-3-4-18-11-19(26)14-24-9-10-25(15-16-5-6-16)22(23(18)24)12-17-7-8-20(27-2)13-21(17)24/h7-8,13,16,18,22-23H,3-6,9-12,14-15H2,1-2H3/t18-,22?,23-,24?/m0/s1. The number of ether oxygens (including phenoxy) is 1. The molecule has 0 spiro atoms. The lowest BCUT2D eigenvalue weighted by Crippen LogP contribution is -2.64. The highest BCUT2D eigenvalue weighted by molar-refractivity contribution is 5.82. The van der Waals surface area contributed by atoms with Crippen LogP contribution in [0.3, 0.4) is 0 Å². The number of nitrogens with zero attached hydrogens (tertiary/aromatic N) is 1. The first-order valence-corrected chi connectivity index (χ1v) is 11.1. The third kappa shape index (κ3) is 2.85. The molecule has 0 N–H and O–H groups in total. The number of carbonyl (C=O) groups is 1. The van der Waals surface area contributed by atoms with Crippen molar-refractivity contribution in [3.8, 4) is 5.75 Å². The molecule has 1 aliphatic heterocycles. The van der Waals surface area contributed by atoms with Crippen LogP contribution in [0.25, 0.3) is 0 Å². The summed E-state index contributed by atoms with van der Waals surface area (Å²) in [4.78, 5) is 15.7. The molecular formula is C24H33NO2. The maximum absolute atomic E-state index is 12.9. The smallest absolute Gasteiger partial charge is 0.134 e. The quantitative estimate of drug-likeness (QED) is 0.774. The maximum Gasteiger partial charge on any atom is 0.134 e. The molecule has 1 aromatic rings. The third-order valence-corrected chi connectivity index (χ3v) is 8.01. The van der Waals surface area contributed by atoms with E-state index in [0.29, 0.717) is 23.7 Å². The molecule has 1 heterocycles. The van der Waals surface area contributed by atoms with Gasteiger partial charge in [-0.1, -0.05) is 19.4 Å². The number of fused-ring (bicyclic) bond motifs is 1. The fourth-order valence-electron chi connectivity index (χ4n) is 6.81. The Bertz CT molecular complexity index is 740. The van der Waals surface area contributed by atoms with Gasteiger partial charge in [-0.15, -0.1) is 0 Å². The van der Waals surface area contributed by atoms with Crippen LogP contribution in [0.5, 0.6) is 5.75 Å². The summed E-state index contributed by atoms with van der Waals surface area (Å²) in [5.74, 6) is 3.58. The summed E-state index contributed by atoms with van der Waals surface area (Å²) >= 11 is 0. The zero-order valence-corrected chi connectivity index (χ0v) is 16.9. The molecule has 2 saturated carbocycles. The lowest BCUT2D eigenvalue weighted by Gasteiger charge is -2.61. The van der Waals surface area contributed by atoms with Crippen molar-refractivity contribution in [3.05, 3.63) is 29.3 Å². The fourth-order valence-corrected chi connectivity index (χ4v) is 6.81. The zero-order valence-electron chi connectivity index (χ0n) is 16.9. The molecule has 1 saturated heterocycles. The van der Waals surface area contributed by atoms with Crippen LogP contribution in [0.2, 0.25) is 0 Å². The number of benzene rings is 1. The van der Waals surface area contributed by atoms with Gasteiger partial charge >= 0.3 is 0 Å². The fraction of sp³-hybridized carbons (Fsp3) is 0.708. The normalized spacial score (nSPS) is 35.5. The first kappa shape index (κ1) is 17.7. The summed E-state index contributed by atoms with van der Waals surface area (Å²) in [6, 6.07) is 7.31. The summed E-state index contributed by atoms with van der Waals surface area (Å²) in [7, 11) is 1.76. The molecule has 4 aliphatic rings. The van der Waals surface area contributed by atoms with Gasteiger partial charge in [0.2, 0.25) is 0 Å². The van der Waals surface area contributed by atoms with Crippen molar-refractivity contribution < 1.29 is 9.53 Å². The lowest BCUT2D eigenvalue weighted by molar-refractivity contribution is -0.132. The number of hydrogen-bond acceptors (Lipinski definition) is 3. The molecule has 5 rings (SSSR count). The second-order valence-electron chi connectivity index (χ2n) is 9.63. The van der Waals surface area contributed by atoms with Crippen molar-refractivity contribution in [3.63, 3.8) is 0 Å². The van der Waals surface area contributed by atoms with E-state index in [1.54, 1.807) is 7.11 Å². The SMILES string of the molecule is CCC[C@H]1CC(=O)CC23CCN(CC4CC4)C(Cc4ccc(OC)cc42)[C@H]13. The lowest BCUT2D eigenvalue weighted by atomic mass is 9.48. The minimum atomic E-state index is 0.0576. The van der Waals surface area contributed by atoms with Gasteiger partial charge in [0.25, 0.3) is 0 Å². The van der Waals surface area contributed by atoms with Gasteiger partial charge in [0.1, 0.15) is 11.5 Å². The second kappa shape index (κ2) is 6.62. The molecule has 3 fully saturated rings. The van der Waals surface area contributed by atoms with Gasteiger partial charge in [-0.2, -0.15) is 0 Å². The Morgan fingerprint density at radius 2 is 2.11 bits per heavy atom. The van der Waals surface area contributed by atoms with E-state index in [0.717, 1.165) is 37.4 Å². The highest BCUT2D eigenvalue weighted by Crippen LogP contribution is 2.58. The molecule has 27 heavy (non-hydrogen) atoms. The van der Waals surface area contributed by atoms with Gasteiger partial charge in [-0.3, -0.25) is 9.69 Å². The number of methoxy groups -OCH3 is 1. The minimum absolute atomic E-state index is 0.0576. The highest BCUT2D eigenvalue weighted by atomic mass is 16.5. The van der Waals surface area contributed by atoms with Crippen molar-refractivity contribution >= 4 is 5.78 Å². The Morgan fingerprint density at radius 1 is 1.26 bits per heavy atom. The van der Waals surface area contributed by atoms with Crippen LogP contribution in [0, 0.1) is 17.8 Å². The summed E-state index contributed by atoms with van der Waals surface area (Å²) in [6.45, 7) is 4.74. The van der Waals surface area contributed by atoms with Crippen LogP contribution >= 0.6 is 0 Å². The van der Waals surface area contributed by atoms with Gasteiger partial charge in [-0.05, 0) is 79.7 Å². The summed E-state index contributed by atoms with van der Waals surface area (Å²) in [5, 5.41) is 0. The van der Waals surface area contributed by atoms with Crippen LogP contribution in [-0.4, -0.2) is 36.9 Å². The molecule has 1 aromatic carbocycles. The Balaban J connectivity index is 1.61. The molecule has 4 atom stereocenters. The molecule has 0 radical (unpaired) electrons. The second-order valence-corrected chi connectivity index (χ2v) is 9.63. The Kier molecular flexibility index (Phi) is 4.34. The predicted octanol–water partition coefficient (Wildman–Crippen LogP) is 4.37. The van der Waals surface area contributed by atoms with Crippen LogP contribution in [0.15, 0.2) is 18.2 Å². The zero-order chi connectivity index (χ0) is 18.6. The molecule has 3 nitrogen and oxygen atoms in total. The highest BCUT2D eigenvalue weighted by Gasteiger charge is 2.58. The van der Waals surface area contributed by atoms with Gasteiger partial charge in [0, 0.05) is 30.8 Å². The topological polar surface area (TPSA) is 29.5 Å². The Morgan fingerprint density at radius 3 is 2.85 bits per heavy atom. The number of carbonyl (C=O) groups excluding carboxylic acids is 1. The van der Waals surface area contributed by atoms with Crippen LogP contribution in [0.4, 0.5) is 0 Å². The molecule has 146 valence electrons. The number of likely N-dealkylation sites (tertiary alicyclic amines) is 1. The van der Waals surface area contributed by atoms with Crippen molar-refractivity contribution in [2.45, 2.75) is 69.7 Å². The van der Waals surface area contributed by atoms with E-state index in [9.17, 15) is 4.79 Å². The van der Waals surface area contributed by atoms with Gasteiger partial charge < -0.3 is 4.74 Å². The van der Waals surface area contributed by atoms with Gasteiger partial charge in [0.05, 0.1) is 7.11 Å². The maximum atomic E-state index is 12.9. The molecule has 3 heteroatoms. The van der Waals surface area contributed by atoms with Crippen LogP contribution in [-0.2, 0) is 16.6 Å². The van der Waals surface area contributed by atoms with Crippen molar-refractivity contribution in [2.75, 3.05) is 20.2 Å². The van der Waals surface area contributed by atoms with E-state index in [1.807, 2.05) is 0 Å². The molecule has 2 unspecified atom stereocenters. The summed E-state index contributed by atoms with van der Waals surface area (Å²) in [5.41, 5.74) is 2.98. The monoisotopic (exact) mass is 367 g/mol. The molecule has 0 aromatic heterocycles. The van der Waals surface area contributed by atoms with Crippen molar-refractivity contribution in [1.82, 2.24) is 4.90 Å². The van der Waals surface area contributed by atoms with E-state index in [4.69, 9.17) is 4.74 Å². The third-order valence-electron chi connectivity index (χ3n) is 8.01. The minimum Gasteiger partial charge on any atom is -0.497 e. The molecule has 3 aliphatic carbocycles. The number of Topliss-reactive ketones (excluding diaryl/α,β-unsaturated/α-hetero) is 1. The largest absolute Gasteiger partial charge is 0.497 e. The number of rotatable bonds is 5. The van der Waals surface area contributed by atoms with E-state index in [1.165, 1.54) is 49.9 Å². The summed E-state index contributed by atoms with van der Waals surface area (Å²) in [6.07, 6.45) is 9.10. The van der Waals surface area contributed by atoms with E-state index >= 15 is 0 Å². The van der Waals surface area contributed by atoms with Crippen molar-refractivity contribution in [1.29, 1.82) is 0 Å². The van der Waals surface area contributed by atoms with Gasteiger partial charge in [0.15, 0.2) is 0 Å². The number of ketones is 1.